The van der Waals surface area contributed by atoms with Gasteiger partial charge >= 0.3 is 17.9 Å². The highest BCUT2D eigenvalue weighted by molar-refractivity contribution is 5.71. The van der Waals surface area contributed by atoms with Gasteiger partial charge in [0.1, 0.15) is 13.2 Å². The molecule has 101 heavy (non-hydrogen) atoms. The van der Waals surface area contributed by atoms with Crippen LogP contribution in [0.5, 0.6) is 0 Å². The lowest BCUT2D eigenvalue weighted by molar-refractivity contribution is -0.870. The fourth-order valence-electron chi connectivity index (χ4n) is 10.8. The molecule has 2 atom stereocenters. The van der Waals surface area contributed by atoms with Gasteiger partial charge in [0.2, 0.25) is 0 Å². The second-order valence-corrected chi connectivity index (χ2v) is 27.6. The normalized spacial score (nSPS) is 13.7. The summed E-state index contributed by atoms with van der Waals surface area (Å²) >= 11 is 0. The molecule has 0 saturated carbocycles. The molecule has 0 rings (SSSR count). The first-order valence-corrected chi connectivity index (χ1v) is 40.6. The molecule has 0 saturated heterocycles. The average Bonchev–Trinajstić information content (AvgIpc) is 1.21. The van der Waals surface area contributed by atoms with E-state index in [1.54, 1.807) is 0 Å². The Hall–Kier alpha value is -5.87. The maximum atomic E-state index is 13.0. The third-order valence-corrected chi connectivity index (χ3v) is 16.8. The monoisotopic (exact) mass is 1400 g/mol. The number of rotatable bonds is 73. The van der Waals surface area contributed by atoms with Crippen LogP contribution in [0.2, 0.25) is 0 Å². The smallest absolute Gasteiger partial charge is 0.361 e. The molecule has 1 N–H and O–H groups in total. The van der Waals surface area contributed by atoms with E-state index in [1.807, 2.05) is 21.1 Å². The number of carboxylic acid groups (broad SMARTS) is 1. The molecule has 0 aliphatic carbocycles. The highest BCUT2D eigenvalue weighted by Crippen LogP contribution is 2.17. The molecular weight excluding hydrogens is 1250 g/mol. The van der Waals surface area contributed by atoms with E-state index in [2.05, 4.69) is 208 Å². The number of quaternary nitrogens is 1. The van der Waals surface area contributed by atoms with Crippen LogP contribution in [0.4, 0.5) is 0 Å². The highest BCUT2D eigenvalue weighted by Gasteiger charge is 2.25. The van der Waals surface area contributed by atoms with Crippen LogP contribution in [0.3, 0.4) is 0 Å². The summed E-state index contributed by atoms with van der Waals surface area (Å²) in [7, 11) is 5.98. The number of ether oxygens (including phenoxy) is 4. The van der Waals surface area contributed by atoms with Crippen molar-refractivity contribution < 1.29 is 42.9 Å². The summed E-state index contributed by atoms with van der Waals surface area (Å²) in [5.74, 6) is -2.01. The molecule has 0 amide bonds. The largest absolute Gasteiger partial charge is 0.477 e. The van der Waals surface area contributed by atoms with Crippen molar-refractivity contribution in [2.24, 2.45) is 0 Å². The van der Waals surface area contributed by atoms with E-state index in [1.165, 1.54) is 128 Å². The summed E-state index contributed by atoms with van der Waals surface area (Å²) in [6, 6.07) is 0. The average molecular weight is 1400 g/mol. The minimum atomic E-state index is -1.52. The van der Waals surface area contributed by atoms with Crippen LogP contribution in [-0.4, -0.2) is 87.4 Å². The molecule has 0 spiro atoms. The van der Waals surface area contributed by atoms with Crippen molar-refractivity contribution in [1.82, 2.24) is 0 Å². The van der Waals surface area contributed by atoms with Crippen molar-refractivity contribution in [3.63, 3.8) is 0 Å². The molecule has 9 nitrogen and oxygen atoms in total. The molecule has 0 aliphatic heterocycles. The zero-order valence-corrected chi connectivity index (χ0v) is 65.2. The Morgan fingerprint density at radius 2 is 0.535 bits per heavy atom. The predicted molar refractivity (Wildman–Crippen MR) is 437 cm³/mol. The molecule has 0 aromatic rings. The molecule has 0 aliphatic rings. The first-order valence-electron chi connectivity index (χ1n) is 40.6. The van der Waals surface area contributed by atoms with E-state index >= 15 is 0 Å². The Balaban J connectivity index is 4.10. The number of likely N-dealkylation sites (N-methyl/N-ethyl adjacent to an activating group) is 1. The minimum absolute atomic E-state index is 0.179. The number of carbonyl (C=O) groups excluding carboxylic acids is 2. The maximum Gasteiger partial charge on any atom is 0.361 e. The Bertz CT molecular complexity index is 2380. The number of nitrogens with zero attached hydrogens (tertiary/aromatic N) is 1. The van der Waals surface area contributed by atoms with E-state index < -0.39 is 24.3 Å². The lowest BCUT2D eigenvalue weighted by Gasteiger charge is -2.25. The van der Waals surface area contributed by atoms with Crippen molar-refractivity contribution in [1.29, 1.82) is 0 Å². The van der Waals surface area contributed by atoms with Crippen LogP contribution in [-0.2, 0) is 33.3 Å². The Kier molecular flexibility index (Phi) is 75.2. The van der Waals surface area contributed by atoms with E-state index in [9.17, 15) is 19.5 Å². The highest BCUT2D eigenvalue weighted by atomic mass is 16.7. The molecule has 2 unspecified atom stereocenters. The molecule has 0 radical (unpaired) electrons. The van der Waals surface area contributed by atoms with Crippen LogP contribution in [0.15, 0.2) is 194 Å². The molecule has 0 aromatic carbocycles. The van der Waals surface area contributed by atoms with Gasteiger partial charge in [0.15, 0.2) is 6.10 Å². The third kappa shape index (κ3) is 81.3. The SMILES string of the molecule is CC/C=C\C/C=C\C/C=C\C/C=C\C/C=C\C/C=C\C/C=C\C/C=C\C/C=C\CCCCCCCCCCCCCC(=O)OC(COC(=O)CCCCCCCCCCCCCCCCC/C=C\C/C=C\C/C=C\C/C=C\C/C=C\C/C=C\C/C=C\CC)COC(OCC[N+](C)(C)C)C(=O)O. The van der Waals surface area contributed by atoms with Crippen molar-refractivity contribution in [3.8, 4) is 0 Å². The van der Waals surface area contributed by atoms with Gasteiger partial charge in [0, 0.05) is 12.8 Å². The summed E-state index contributed by atoms with van der Waals surface area (Å²) in [5, 5.41) is 9.78. The van der Waals surface area contributed by atoms with E-state index in [0.717, 1.165) is 148 Å². The van der Waals surface area contributed by atoms with Crippen molar-refractivity contribution in [3.05, 3.63) is 194 Å². The number of unbranched alkanes of at least 4 members (excludes halogenated alkanes) is 26. The lowest BCUT2D eigenvalue weighted by Crippen LogP contribution is -2.40. The van der Waals surface area contributed by atoms with Crippen molar-refractivity contribution in [2.75, 3.05) is 47.5 Å². The fourth-order valence-corrected chi connectivity index (χ4v) is 10.8. The number of hydrogen-bond donors (Lipinski definition) is 1. The third-order valence-electron chi connectivity index (χ3n) is 16.8. The molecule has 0 heterocycles. The second-order valence-electron chi connectivity index (χ2n) is 27.6. The minimum Gasteiger partial charge on any atom is -0.477 e. The summed E-state index contributed by atoms with van der Waals surface area (Å²) in [6.07, 6.45) is 120. The van der Waals surface area contributed by atoms with E-state index in [-0.39, 0.29) is 32.2 Å². The summed E-state index contributed by atoms with van der Waals surface area (Å²) in [4.78, 5) is 37.8. The van der Waals surface area contributed by atoms with Gasteiger partial charge in [-0.2, -0.15) is 0 Å². The van der Waals surface area contributed by atoms with Gasteiger partial charge in [-0.1, -0.05) is 350 Å². The summed E-state index contributed by atoms with van der Waals surface area (Å²) in [5.41, 5.74) is 0. The Morgan fingerprint density at radius 1 is 0.297 bits per heavy atom. The van der Waals surface area contributed by atoms with Crippen LogP contribution in [0.1, 0.15) is 309 Å². The van der Waals surface area contributed by atoms with Crippen LogP contribution in [0.25, 0.3) is 0 Å². The van der Waals surface area contributed by atoms with Gasteiger partial charge in [0.05, 0.1) is 34.4 Å². The molecular formula is C92H150NO8+. The molecule has 570 valence electrons. The second kappa shape index (κ2) is 79.8. The number of hydrogen-bond acceptors (Lipinski definition) is 7. The standard InChI is InChI=1S/C92H149NO8/c1-6-8-10-12-14-16-18-20-22-24-26-28-30-32-34-36-38-40-42-44-45-47-49-51-53-55-57-59-61-63-65-67-69-71-73-75-77-79-81-83-90(95)101-88(87-100-92(91(96)97)98-85-84-93(3,4)5)86-99-89(94)82-80-78-76-74-72-70-68-66-64-62-60-58-56-54-52-50-48-46-43-41-39-37-35-33-31-29-27-25-23-21-19-17-15-13-11-9-7-2/h8-11,14-17,20-23,26-29,32-35,38-41,44-46,48-49,51,55,57,88,92H,6-7,12-13,18-19,24-25,30-31,36-37,42-43,47,50,52-54,56,58-87H2,1-5H3/p+1/b10-8-,11-9-,16-14-,17-15-,22-20-,23-21-,28-26-,29-27-,34-32-,35-33-,40-38-,41-39-,45-44-,48-46-,51-49-,57-55-. The number of aliphatic carboxylic acids is 1. The topological polar surface area (TPSA) is 108 Å². The van der Waals surface area contributed by atoms with Crippen molar-refractivity contribution >= 4 is 17.9 Å². The van der Waals surface area contributed by atoms with Gasteiger partial charge in [-0.05, 0) is 141 Å². The first-order chi connectivity index (χ1) is 49.6. The van der Waals surface area contributed by atoms with Gasteiger partial charge in [0.25, 0.3) is 6.29 Å². The van der Waals surface area contributed by atoms with Gasteiger partial charge in [-0.25, -0.2) is 4.79 Å². The lowest BCUT2D eigenvalue weighted by atomic mass is 10.0. The Morgan fingerprint density at radius 3 is 0.792 bits per heavy atom. The number of carbonyl (C=O) groups is 3. The molecule has 9 heteroatoms. The summed E-state index contributed by atoms with van der Waals surface area (Å²) in [6.45, 7) is 4.65. The van der Waals surface area contributed by atoms with Crippen LogP contribution >= 0.6 is 0 Å². The van der Waals surface area contributed by atoms with Crippen LogP contribution < -0.4 is 0 Å². The van der Waals surface area contributed by atoms with E-state index in [0.29, 0.717) is 23.9 Å². The zero-order valence-electron chi connectivity index (χ0n) is 65.2. The number of allylic oxidation sites excluding steroid dienone is 32. The predicted octanol–water partition coefficient (Wildman–Crippen LogP) is 26.5. The summed E-state index contributed by atoms with van der Waals surface area (Å²) < 4.78 is 23.0. The number of esters is 2. The molecule has 0 aromatic heterocycles. The first kappa shape index (κ1) is 95.1. The maximum absolute atomic E-state index is 13.0. The van der Waals surface area contributed by atoms with Gasteiger partial charge in [-0.15, -0.1) is 0 Å². The molecule has 0 fully saturated rings. The van der Waals surface area contributed by atoms with E-state index in [4.69, 9.17) is 18.9 Å². The van der Waals surface area contributed by atoms with Gasteiger partial charge in [-0.3, -0.25) is 9.59 Å². The fraction of sp³-hybridized carbons (Fsp3) is 0.620. The van der Waals surface area contributed by atoms with Crippen molar-refractivity contribution in [2.45, 2.75) is 322 Å². The Labute approximate surface area is 621 Å². The quantitative estimate of drug-likeness (QED) is 0.0211. The van der Waals surface area contributed by atoms with Gasteiger partial charge < -0.3 is 28.5 Å². The molecule has 0 bridgehead atoms. The van der Waals surface area contributed by atoms with Crippen LogP contribution in [0, 0.1) is 0 Å². The zero-order chi connectivity index (χ0) is 73.2. The number of carboxylic acids is 1.